The van der Waals surface area contributed by atoms with E-state index in [1.165, 1.54) is 24.2 Å². The fraction of sp³-hybridized carbons (Fsp3) is 0.417. The van der Waals surface area contributed by atoms with E-state index < -0.39 is 0 Å². The minimum atomic E-state index is -0.135. The molecule has 1 aromatic heterocycles. The van der Waals surface area contributed by atoms with Crippen molar-refractivity contribution in [2.45, 2.75) is 64.5 Å². The van der Waals surface area contributed by atoms with Crippen molar-refractivity contribution in [1.82, 2.24) is 9.47 Å². The summed E-state index contributed by atoms with van der Waals surface area (Å²) in [5.74, 6) is -0.405. The first-order valence-electron chi connectivity index (χ1n) is 10.7. The third-order valence-corrected chi connectivity index (χ3v) is 5.89. The van der Waals surface area contributed by atoms with Gasteiger partial charge >= 0.3 is 0 Å². The molecule has 2 aliphatic rings. The molecule has 1 saturated carbocycles. The van der Waals surface area contributed by atoms with Crippen LogP contribution >= 0.6 is 0 Å². The highest BCUT2D eigenvalue weighted by Crippen LogP contribution is 2.20. The number of pyridine rings is 1. The highest BCUT2D eigenvalue weighted by Gasteiger charge is 2.28. The summed E-state index contributed by atoms with van der Waals surface area (Å²) < 4.78 is 1.62. The standard InChI is InChI=1S/C24H27N3O3/c1-17-13-14-26(21(15-17)25-20-5-3-2-4-6-20)24(30)19-9-7-18(8-10-19)16-27-22(28)11-12-23(27)29/h7-10,13-15,20H,2-6,11-12,16H2,1H3. The Morgan fingerprint density at radius 3 is 2.33 bits per heavy atom. The molecule has 0 bridgehead atoms. The van der Waals surface area contributed by atoms with Crippen molar-refractivity contribution in [3.63, 3.8) is 0 Å². The predicted octanol–water partition coefficient (Wildman–Crippen LogP) is 3.37. The SMILES string of the molecule is Cc1ccn(C(=O)c2ccc(CN3C(=O)CCC3=O)cc2)c(=NC2CCCCC2)c1. The molecule has 0 N–H and O–H groups in total. The van der Waals surface area contributed by atoms with Crippen LogP contribution in [-0.4, -0.2) is 33.2 Å². The maximum atomic E-state index is 13.2. The van der Waals surface area contributed by atoms with E-state index in [4.69, 9.17) is 4.99 Å². The topological polar surface area (TPSA) is 71.7 Å². The van der Waals surface area contributed by atoms with Gasteiger partial charge in [-0.15, -0.1) is 0 Å². The normalized spacial score (nSPS) is 18.3. The maximum absolute atomic E-state index is 13.2. The number of hydrogen-bond acceptors (Lipinski definition) is 4. The van der Waals surface area contributed by atoms with Gasteiger partial charge in [0.1, 0.15) is 5.49 Å². The second kappa shape index (κ2) is 8.78. The highest BCUT2D eigenvalue weighted by molar-refractivity contribution is 6.01. The second-order valence-electron chi connectivity index (χ2n) is 8.23. The molecule has 2 fully saturated rings. The summed E-state index contributed by atoms with van der Waals surface area (Å²) in [4.78, 5) is 43.0. The minimum Gasteiger partial charge on any atom is -0.278 e. The van der Waals surface area contributed by atoms with E-state index >= 15 is 0 Å². The number of aromatic nitrogens is 1. The Labute approximate surface area is 176 Å². The van der Waals surface area contributed by atoms with Crippen molar-refractivity contribution in [2.24, 2.45) is 4.99 Å². The number of rotatable bonds is 4. The molecule has 1 aliphatic carbocycles. The minimum absolute atomic E-state index is 0.135. The molecule has 2 aromatic rings. The Balaban J connectivity index is 1.56. The first-order valence-corrected chi connectivity index (χ1v) is 10.7. The van der Waals surface area contributed by atoms with Gasteiger partial charge in [0, 0.05) is 24.6 Å². The van der Waals surface area contributed by atoms with Gasteiger partial charge < -0.3 is 0 Å². The molecule has 156 valence electrons. The van der Waals surface area contributed by atoms with Gasteiger partial charge in [0.2, 0.25) is 11.8 Å². The smallest absolute Gasteiger partial charge is 0.263 e. The van der Waals surface area contributed by atoms with E-state index in [1.54, 1.807) is 35.0 Å². The van der Waals surface area contributed by atoms with Crippen LogP contribution < -0.4 is 5.49 Å². The molecule has 0 unspecified atom stereocenters. The molecule has 2 heterocycles. The van der Waals surface area contributed by atoms with Crippen LogP contribution in [0.15, 0.2) is 47.6 Å². The summed E-state index contributed by atoms with van der Waals surface area (Å²) in [5.41, 5.74) is 3.15. The second-order valence-corrected chi connectivity index (χ2v) is 8.23. The predicted molar refractivity (Wildman–Crippen MR) is 113 cm³/mol. The van der Waals surface area contributed by atoms with Gasteiger partial charge in [-0.2, -0.15) is 0 Å². The molecule has 30 heavy (non-hydrogen) atoms. The van der Waals surface area contributed by atoms with Gasteiger partial charge in [-0.1, -0.05) is 31.4 Å². The van der Waals surface area contributed by atoms with Crippen molar-refractivity contribution >= 4 is 17.7 Å². The Hall–Kier alpha value is -3.02. The lowest BCUT2D eigenvalue weighted by Gasteiger charge is -2.18. The lowest BCUT2D eigenvalue weighted by Crippen LogP contribution is -2.30. The van der Waals surface area contributed by atoms with E-state index in [-0.39, 0.29) is 43.1 Å². The largest absolute Gasteiger partial charge is 0.278 e. The van der Waals surface area contributed by atoms with Gasteiger partial charge in [0.25, 0.3) is 5.91 Å². The number of benzene rings is 1. The molecule has 0 radical (unpaired) electrons. The van der Waals surface area contributed by atoms with Crippen LogP contribution in [0.4, 0.5) is 0 Å². The lowest BCUT2D eigenvalue weighted by molar-refractivity contribution is -0.139. The molecule has 1 saturated heterocycles. The number of carbonyl (C=O) groups excluding carboxylic acids is 3. The van der Waals surface area contributed by atoms with E-state index in [1.807, 2.05) is 19.1 Å². The van der Waals surface area contributed by atoms with Crippen LogP contribution in [0.2, 0.25) is 0 Å². The Morgan fingerprint density at radius 2 is 1.67 bits per heavy atom. The Bertz CT molecular complexity index is 1010. The zero-order chi connectivity index (χ0) is 21.1. The number of imide groups is 1. The molecule has 1 aromatic carbocycles. The van der Waals surface area contributed by atoms with E-state index in [0.29, 0.717) is 11.1 Å². The molecular weight excluding hydrogens is 378 g/mol. The average Bonchev–Trinajstić information content (AvgIpc) is 3.07. The van der Waals surface area contributed by atoms with Gasteiger partial charge in [0.15, 0.2) is 0 Å². The van der Waals surface area contributed by atoms with Crippen LogP contribution in [0.1, 0.15) is 66.4 Å². The van der Waals surface area contributed by atoms with Crippen LogP contribution in [-0.2, 0) is 16.1 Å². The average molecular weight is 405 g/mol. The van der Waals surface area contributed by atoms with Crippen LogP contribution in [0.25, 0.3) is 0 Å². The summed E-state index contributed by atoms with van der Waals surface area (Å²) in [7, 11) is 0. The van der Waals surface area contributed by atoms with Gasteiger partial charge in [-0.25, -0.2) is 0 Å². The van der Waals surface area contributed by atoms with Gasteiger partial charge in [-0.05, 0) is 55.2 Å². The Kier molecular flexibility index (Phi) is 5.93. The molecule has 1 aliphatic heterocycles. The molecule has 0 spiro atoms. The van der Waals surface area contributed by atoms with Gasteiger partial charge in [0.05, 0.1) is 12.6 Å². The van der Waals surface area contributed by atoms with Crippen LogP contribution in [0.5, 0.6) is 0 Å². The van der Waals surface area contributed by atoms with Crippen molar-refractivity contribution in [2.75, 3.05) is 0 Å². The van der Waals surface area contributed by atoms with Crippen molar-refractivity contribution in [3.05, 3.63) is 64.8 Å². The summed E-state index contributed by atoms with van der Waals surface area (Å²) in [6, 6.07) is 11.3. The fourth-order valence-corrected chi connectivity index (χ4v) is 4.13. The molecular formula is C24H27N3O3. The lowest BCUT2D eigenvalue weighted by atomic mass is 9.96. The number of hydrogen-bond donors (Lipinski definition) is 0. The Morgan fingerprint density at radius 1 is 1.00 bits per heavy atom. The quantitative estimate of drug-likeness (QED) is 0.732. The van der Waals surface area contributed by atoms with E-state index in [9.17, 15) is 14.4 Å². The zero-order valence-corrected chi connectivity index (χ0v) is 17.3. The summed E-state index contributed by atoms with van der Waals surface area (Å²) in [6.07, 6.45) is 8.15. The third kappa shape index (κ3) is 4.42. The zero-order valence-electron chi connectivity index (χ0n) is 17.3. The molecule has 0 atom stereocenters. The van der Waals surface area contributed by atoms with E-state index in [0.717, 1.165) is 24.0 Å². The number of nitrogens with zero attached hydrogens (tertiary/aromatic N) is 3. The van der Waals surface area contributed by atoms with Crippen molar-refractivity contribution < 1.29 is 14.4 Å². The monoisotopic (exact) mass is 405 g/mol. The van der Waals surface area contributed by atoms with Crippen LogP contribution in [0, 0.1) is 6.92 Å². The number of likely N-dealkylation sites (tertiary alicyclic amines) is 1. The third-order valence-electron chi connectivity index (χ3n) is 5.89. The van der Waals surface area contributed by atoms with E-state index in [2.05, 4.69) is 0 Å². The molecule has 6 heteroatoms. The summed E-state index contributed by atoms with van der Waals surface area (Å²) >= 11 is 0. The maximum Gasteiger partial charge on any atom is 0.263 e. The number of aryl methyl sites for hydroxylation is 1. The number of amides is 2. The van der Waals surface area contributed by atoms with Crippen molar-refractivity contribution in [1.29, 1.82) is 0 Å². The van der Waals surface area contributed by atoms with Crippen molar-refractivity contribution in [3.8, 4) is 0 Å². The number of carbonyl (C=O) groups is 3. The molecule has 4 rings (SSSR count). The summed E-state index contributed by atoms with van der Waals surface area (Å²) in [5, 5.41) is 0. The first-order chi connectivity index (χ1) is 14.5. The fourth-order valence-electron chi connectivity index (χ4n) is 4.13. The van der Waals surface area contributed by atoms with Crippen LogP contribution in [0.3, 0.4) is 0 Å². The molecule has 6 nitrogen and oxygen atoms in total. The first kappa shape index (κ1) is 20.3. The highest BCUT2D eigenvalue weighted by atomic mass is 16.2. The van der Waals surface area contributed by atoms with Gasteiger partial charge in [-0.3, -0.25) is 28.8 Å². The molecule has 2 amide bonds. The summed E-state index contributed by atoms with van der Waals surface area (Å²) in [6.45, 7) is 2.26.